The molecule has 0 heterocycles. The number of amides is 2. The summed E-state index contributed by atoms with van der Waals surface area (Å²) < 4.78 is 1.03. The maximum absolute atomic E-state index is 12.1. The van der Waals surface area contributed by atoms with Gasteiger partial charge in [-0.3, -0.25) is 0 Å². The van der Waals surface area contributed by atoms with Crippen molar-refractivity contribution in [2.45, 2.75) is 26.7 Å². The van der Waals surface area contributed by atoms with Gasteiger partial charge in [-0.25, -0.2) is 4.79 Å². The van der Waals surface area contributed by atoms with Crippen molar-refractivity contribution in [3.63, 3.8) is 0 Å². The molecule has 0 atom stereocenters. The first-order chi connectivity index (χ1) is 11.0. The molecule has 0 saturated carbocycles. The molecule has 0 aromatic heterocycles. The number of rotatable bonds is 4. The van der Waals surface area contributed by atoms with Crippen molar-refractivity contribution in [3.8, 4) is 0 Å². The molecule has 2 aromatic carbocycles. The third kappa shape index (κ3) is 4.96. The van der Waals surface area contributed by atoms with Crippen LogP contribution in [0.5, 0.6) is 0 Å². The minimum atomic E-state index is -0.241. The molecule has 0 unspecified atom stereocenters. The van der Waals surface area contributed by atoms with E-state index in [-0.39, 0.29) is 6.03 Å². The lowest BCUT2D eigenvalue weighted by atomic mass is 9.98. The second kappa shape index (κ2) is 7.97. The quantitative estimate of drug-likeness (QED) is 0.712. The van der Waals surface area contributed by atoms with E-state index in [9.17, 15) is 4.79 Å². The van der Waals surface area contributed by atoms with Gasteiger partial charge in [-0.05, 0) is 47.7 Å². The summed E-state index contributed by atoms with van der Waals surface area (Å²) in [7, 11) is 0. The highest BCUT2D eigenvalue weighted by Gasteiger charge is 2.11. The summed E-state index contributed by atoms with van der Waals surface area (Å²) in [5.74, 6) is 0.350. The first-order valence-electron chi connectivity index (χ1n) is 7.56. The van der Waals surface area contributed by atoms with Crippen LogP contribution in [0, 0.1) is 6.92 Å². The van der Waals surface area contributed by atoms with Crippen LogP contribution in [0.1, 0.15) is 36.5 Å². The zero-order valence-corrected chi connectivity index (χ0v) is 15.1. The molecule has 0 aliphatic heterocycles. The average molecular weight is 373 g/mol. The van der Waals surface area contributed by atoms with Gasteiger partial charge in [-0.1, -0.05) is 60.1 Å². The number of hydrogen-bond donors (Lipinski definition) is 2. The molecule has 23 heavy (non-hydrogen) atoms. The smallest absolute Gasteiger partial charge is 0.314 e. The van der Waals surface area contributed by atoms with Crippen LogP contribution in [0.3, 0.4) is 0 Å². The normalized spacial score (nSPS) is 11.0. The Kier molecular flexibility index (Phi) is 5.99. The molecule has 0 radical (unpaired) electrons. The molecule has 0 spiro atoms. The predicted molar refractivity (Wildman–Crippen MR) is 101 cm³/mol. The van der Waals surface area contributed by atoms with Crippen LogP contribution in [0.4, 0.5) is 10.5 Å². The van der Waals surface area contributed by atoms with E-state index >= 15 is 0 Å². The van der Waals surface area contributed by atoms with Crippen LogP contribution in [0.2, 0.25) is 0 Å². The third-order valence-electron chi connectivity index (χ3n) is 3.53. The summed E-state index contributed by atoms with van der Waals surface area (Å²) in [4.78, 5) is 12.1. The van der Waals surface area contributed by atoms with Gasteiger partial charge in [0.15, 0.2) is 0 Å². The van der Waals surface area contributed by atoms with E-state index in [1.54, 1.807) is 6.20 Å². The number of carbonyl (C=O) groups excluding carboxylic acids is 1. The highest BCUT2D eigenvalue weighted by Crippen LogP contribution is 2.27. The van der Waals surface area contributed by atoms with Gasteiger partial charge in [0.05, 0.1) is 0 Å². The van der Waals surface area contributed by atoms with Crippen molar-refractivity contribution in [3.05, 3.63) is 69.8 Å². The fraction of sp³-hybridized carbons (Fsp3) is 0.211. The van der Waals surface area contributed by atoms with Gasteiger partial charge in [0.25, 0.3) is 0 Å². The monoisotopic (exact) mass is 372 g/mol. The number of para-hydroxylation sites is 1. The summed E-state index contributed by atoms with van der Waals surface area (Å²) in [5, 5.41) is 5.69. The summed E-state index contributed by atoms with van der Waals surface area (Å²) in [6.07, 6.45) is 3.50. The molecule has 2 aromatic rings. The minimum Gasteiger partial charge on any atom is -0.314 e. The van der Waals surface area contributed by atoms with Gasteiger partial charge >= 0.3 is 6.03 Å². The number of hydrogen-bond acceptors (Lipinski definition) is 1. The number of nitrogens with one attached hydrogen (secondary N) is 2. The Labute approximate surface area is 145 Å². The van der Waals surface area contributed by atoms with Gasteiger partial charge in [0.1, 0.15) is 0 Å². The number of urea groups is 1. The van der Waals surface area contributed by atoms with Crippen LogP contribution in [0.25, 0.3) is 6.08 Å². The number of anilines is 1. The van der Waals surface area contributed by atoms with Gasteiger partial charge in [-0.15, -0.1) is 0 Å². The summed E-state index contributed by atoms with van der Waals surface area (Å²) in [6.45, 7) is 6.23. The minimum absolute atomic E-state index is 0.241. The Morgan fingerprint density at radius 1 is 1.13 bits per heavy atom. The molecule has 3 nitrogen and oxygen atoms in total. The zero-order chi connectivity index (χ0) is 16.8. The molecule has 0 saturated heterocycles. The van der Waals surface area contributed by atoms with Crippen molar-refractivity contribution in [1.29, 1.82) is 0 Å². The van der Waals surface area contributed by atoms with Crippen molar-refractivity contribution >= 4 is 33.7 Å². The topological polar surface area (TPSA) is 41.1 Å². The molecule has 0 fully saturated rings. The first kappa shape index (κ1) is 17.3. The van der Waals surface area contributed by atoms with E-state index in [0.29, 0.717) is 5.92 Å². The Bertz CT molecular complexity index is 706. The zero-order valence-electron chi connectivity index (χ0n) is 13.6. The van der Waals surface area contributed by atoms with Crippen LogP contribution in [0.15, 0.2) is 53.1 Å². The average Bonchev–Trinajstić information content (AvgIpc) is 2.51. The van der Waals surface area contributed by atoms with Crippen molar-refractivity contribution in [2.24, 2.45) is 0 Å². The van der Waals surface area contributed by atoms with Crippen LogP contribution >= 0.6 is 15.9 Å². The second-order valence-corrected chi connectivity index (χ2v) is 6.59. The van der Waals surface area contributed by atoms with E-state index in [0.717, 1.165) is 26.9 Å². The Morgan fingerprint density at radius 2 is 1.83 bits per heavy atom. The standard InChI is InChI=1S/C19H21BrN2O/c1-13(2)17-6-4-5-14(3)18(17)22-19(23)21-12-11-15-7-9-16(20)10-8-15/h4-13H,1-3H3,(H2,21,22,23)/b12-11+. The molecule has 0 aliphatic rings. The van der Waals surface area contributed by atoms with E-state index < -0.39 is 0 Å². The number of benzene rings is 2. The Balaban J connectivity index is 2.01. The number of aryl methyl sites for hydroxylation is 1. The van der Waals surface area contributed by atoms with Gasteiger partial charge in [-0.2, -0.15) is 0 Å². The van der Waals surface area contributed by atoms with Gasteiger partial charge in [0.2, 0.25) is 0 Å². The highest BCUT2D eigenvalue weighted by molar-refractivity contribution is 9.10. The molecule has 0 bridgehead atoms. The molecule has 120 valence electrons. The summed E-state index contributed by atoms with van der Waals surface area (Å²) in [5.41, 5.74) is 4.10. The molecule has 4 heteroatoms. The Morgan fingerprint density at radius 3 is 2.48 bits per heavy atom. The number of halogens is 1. The van der Waals surface area contributed by atoms with Gasteiger partial charge in [0, 0.05) is 16.4 Å². The van der Waals surface area contributed by atoms with Crippen LogP contribution < -0.4 is 10.6 Å². The maximum Gasteiger partial charge on any atom is 0.323 e. The van der Waals surface area contributed by atoms with Gasteiger partial charge < -0.3 is 10.6 Å². The third-order valence-corrected chi connectivity index (χ3v) is 4.05. The fourth-order valence-corrected chi connectivity index (χ4v) is 2.54. The molecular weight excluding hydrogens is 352 g/mol. The van der Waals surface area contributed by atoms with E-state index in [4.69, 9.17) is 0 Å². The second-order valence-electron chi connectivity index (χ2n) is 5.68. The van der Waals surface area contributed by atoms with Crippen LogP contribution in [-0.4, -0.2) is 6.03 Å². The van der Waals surface area contributed by atoms with Crippen molar-refractivity contribution in [1.82, 2.24) is 5.32 Å². The highest BCUT2D eigenvalue weighted by atomic mass is 79.9. The molecular formula is C19H21BrN2O. The van der Waals surface area contributed by atoms with Crippen molar-refractivity contribution in [2.75, 3.05) is 5.32 Å². The SMILES string of the molecule is Cc1cccc(C(C)C)c1NC(=O)N/C=C/c1ccc(Br)cc1. The van der Waals surface area contributed by atoms with E-state index in [1.807, 2.05) is 55.5 Å². The maximum atomic E-state index is 12.1. The fourth-order valence-electron chi connectivity index (χ4n) is 2.28. The van der Waals surface area contributed by atoms with E-state index in [1.165, 1.54) is 0 Å². The summed E-state index contributed by atoms with van der Waals surface area (Å²) >= 11 is 3.40. The lowest BCUT2D eigenvalue weighted by Crippen LogP contribution is -2.25. The molecule has 0 aliphatic carbocycles. The first-order valence-corrected chi connectivity index (χ1v) is 8.36. The van der Waals surface area contributed by atoms with Crippen LogP contribution in [-0.2, 0) is 0 Å². The predicted octanol–water partition coefficient (Wildman–Crippen LogP) is 5.67. The molecule has 2 amide bonds. The lowest BCUT2D eigenvalue weighted by molar-refractivity contribution is 0.255. The number of carbonyl (C=O) groups is 1. The summed E-state index contributed by atoms with van der Waals surface area (Å²) in [6, 6.07) is 13.7. The molecule has 2 rings (SSSR count). The van der Waals surface area contributed by atoms with E-state index in [2.05, 4.69) is 40.4 Å². The van der Waals surface area contributed by atoms with Crippen molar-refractivity contribution < 1.29 is 4.79 Å². The Hall–Kier alpha value is -2.07. The molecule has 2 N–H and O–H groups in total. The lowest BCUT2D eigenvalue weighted by Gasteiger charge is -2.16. The largest absolute Gasteiger partial charge is 0.323 e.